The van der Waals surface area contributed by atoms with Crippen molar-refractivity contribution in [2.45, 2.75) is 24.0 Å². The number of hydrogen-bond donors (Lipinski definition) is 2. The number of anilines is 1. The van der Waals surface area contributed by atoms with Gasteiger partial charge in [0, 0.05) is 32.5 Å². The number of nitrogens with zero attached hydrogens (tertiary/aromatic N) is 4. The smallest absolute Gasteiger partial charge is 0.221 e. The zero-order valence-corrected chi connectivity index (χ0v) is 20.8. The quantitative estimate of drug-likeness (QED) is 0.176. The molecule has 0 atom stereocenters. The minimum Gasteiger partial charge on any atom is -0.383 e. The number of ether oxygens (including phenoxy) is 1. The van der Waals surface area contributed by atoms with Crippen molar-refractivity contribution < 1.29 is 9.53 Å². The maximum absolute atomic E-state index is 12.9. The van der Waals surface area contributed by atoms with Gasteiger partial charge in [0.25, 0.3) is 0 Å². The second-order valence-electron chi connectivity index (χ2n) is 8.01. The number of nitrogens with one attached hydrogen (secondary N) is 2. The Balaban J connectivity index is 1.42. The Kier molecular flexibility index (Phi) is 8.69. The number of rotatable bonds is 12. The third-order valence-corrected chi connectivity index (χ3v) is 6.24. The first kappa shape index (κ1) is 24.7. The molecule has 0 saturated heterocycles. The molecule has 0 bridgehead atoms. The van der Waals surface area contributed by atoms with Gasteiger partial charge in [-0.2, -0.15) is 5.10 Å². The van der Waals surface area contributed by atoms with Gasteiger partial charge in [-0.3, -0.25) is 4.79 Å². The van der Waals surface area contributed by atoms with Crippen LogP contribution in [0.3, 0.4) is 0 Å². The zero-order chi connectivity index (χ0) is 24.5. The van der Waals surface area contributed by atoms with Gasteiger partial charge < -0.3 is 15.4 Å². The number of thioether (sulfide) groups is 1. The van der Waals surface area contributed by atoms with Crippen molar-refractivity contribution >= 4 is 34.5 Å². The summed E-state index contributed by atoms with van der Waals surface area (Å²) < 4.78 is 6.93. The van der Waals surface area contributed by atoms with Crippen LogP contribution in [0.15, 0.2) is 72.0 Å². The minimum atomic E-state index is 0.000479. The lowest BCUT2D eigenvalue weighted by Gasteiger charge is -2.18. The zero-order valence-electron chi connectivity index (χ0n) is 20.0. The van der Waals surface area contributed by atoms with E-state index in [2.05, 4.69) is 50.0 Å². The average Bonchev–Trinajstić information content (AvgIpc) is 3.31. The van der Waals surface area contributed by atoms with E-state index < -0.39 is 0 Å². The lowest BCUT2D eigenvalue weighted by Crippen LogP contribution is -2.29. The van der Waals surface area contributed by atoms with Gasteiger partial charge in [0.1, 0.15) is 5.82 Å². The number of hydrogen-bond acceptors (Lipinski definition) is 7. The van der Waals surface area contributed by atoms with E-state index in [9.17, 15) is 4.79 Å². The van der Waals surface area contributed by atoms with Crippen molar-refractivity contribution in [3.63, 3.8) is 0 Å². The first-order valence-electron chi connectivity index (χ1n) is 11.6. The molecule has 4 aromatic rings. The Hall–Kier alpha value is -3.43. The van der Waals surface area contributed by atoms with Crippen LogP contribution in [0.5, 0.6) is 0 Å². The Morgan fingerprint density at radius 1 is 1.03 bits per heavy atom. The Morgan fingerprint density at radius 2 is 1.71 bits per heavy atom. The van der Waals surface area contributed by atoms with E-state index in [4.69, 9.17) is 4.74 Å². The molecule has 0 aliphatic heterocycles. The molecule has 0 fully saturated rings. The molecule has 0 radical (unpaired) electrons. The fourth-order valence-corrected chi connectivity index (χ4v) is 4.31. The molecule has 2 aromatic carbocycles. The van der Waals surface area contributed by atoms with Crippen LogP contribution in [-0.4, -0.2) is 58.7 Å². The number of fused-ring (bicyclic) bond motifs is 1. The molecule has 2 aromatic heterocycles. The van der Waals surface area contributed by atoms with Crippen LogP contribution >= 0.6 is 11.8 Å². The maximum Gasteiger partial charge on any atom is 0.221 e. The van der Waals surface area contributed by atoms with Gasteiger partial charge in [0.2, 0.25) is 5.91 Å². The molecule has 182 valence electrons. The van der Waals surface area contributed by atoms with E-state index in [0.717, 1.165) is 28.0 Å². The highest BCUT2D eigenvalue weighted by atomic mass is 32.2. The van der Waals surface area contributed by atoms with Crippen molar-refractivity contribution in [1.29, 1.82) is 0 Å². The topological polar surface area (TPSA) is 94.0 Å². The molecule has 8 nitrogen and oxygen atoms in total. The molecule has 2 N–H and O–H groups in total. The third-order valence-electron chi connectivity index (χ3n) is 5.70. The van der Waals surface area contributed by atoms with Gasteiger partial charge >= 0.3 is 0 Å². The summed E-state index contributed by atoms with van der Waals surface area (Å²) in [4.78, 5) is 22.1. The van der Waals surface area contributed by atoms with Crippen LogP contribution < -0.4 is 10.6 Å². The minimum absolute atomic E-state index is 0.000479. The van der Waals surface area contributed by atoms with Crippen LogP contribution in [0.25, 0.3) is 11.0 Å². The molecular formula is C26H30N6O2S. The number of methoxy groups -OCH3 is 1. The summed E-state index contributed by atoms with van der Waals surface area (Å²) >= 11 is 1.48. The van der Waals surface area contributed by atoms with E-state index in [0.29, 0.717) is 37.8 Å². The summed E-state index contributed by atoms with van der Waals surface area (Å²) in [7, 11) is 1.67. The van der Waals surface area contributed by atoms with E-state index >= 15 is 0 Å². The Bertz CT molecular complexity index is 1190. The molecule has 0 spiro atoms. The van der Waals surface area contributed by atoms with Crippen molar-refractivity contribution in [3.05, 3.63) is 78.0 Å². The summed E-state index contributed by atoms with van der Waals surface area (Å²) in [5.74, 6) is 0.737. The summed E-state index contributed by atoms with van der Waals surface area (Å²) in [6.07, 6.45) is 4.08. The highest BCUT2D eigenvalue weighted by molar-refractivity contribution is 7.98. The molecule has 0 unspecified atom stereocenters. The van der Waals surface area contributed by atoms with Crippen molar-refractivity contribution in [3.8, 4) is 0 Å². The second kappa shape index (κ2) is 12.3. The molecule has 9 heteroatoms. The normalized spacial score (nSPS) is 11.2. The first-order chi connectivity index (χ1) is 17.2. The number of aromatic nitrogens is 4. The second-order valence-corrected chi connectivity index (χ2v) is 8.78. The van der Waals surface area contributed by atoms with Crippen LogP contribution in [0, 0.1) is 0 Å². The predicted molar refractivity (Wildman–Crippen MR) is 140 cm³/mol. The van der Waals surface area contributed by atoms with Gasteiger partial charge in [0.15, 0.2) is 10.8 Å². The number of carbonyl (C=O) groups excluding carboxylic acids is 1. The highest BCUT2D eigenvalue weighted by Crippen LogP contribution is 2.28. The average molecular weight is 491 g/mol. The lowest BCUT2D eigenvalue weighted by atomic mass is 9.88. The molecule has 0 aliphatic rings. The number of carbonyl (C=O) groups is 1. The van der Waals surface area contributed by atoms with Gasteiger partial charge in [-0.1, -0.05) is 72.4 Å². The van der Waals surface area contributed by atoms with Gasteiger partial charge in [0.05, 0.1) is 24.7 Å². The third kappa shape index (κ3) is 6.37. The van der Waals surface area contributed by atoms with E-state index in [1.807, 2.05) is 47.3 Å². The fraction of sp³-hybridized carbons (Fsp3) is 0.308. The Labute approximate surface area is 209 Å². The molecular weight excluding hydrogens is 460 g/mol. The van der Waals surface area contributed by atoms with Crippen LogP contribution in [0.1, 0.15) is 23.5 Å². The van der Waals surface area contributed by atoms with Crippen LogP contribution in [0.2, 0.25) is 0 Å². The molecule has 4 rings (SSSR count). The summed E-state index contributed by atoms with van der Waals surface area (Å²) in [6.45, 7) is 2.19. The van der Waals surface area contributed by atoms with Crippen molar-refractivity contribution in [2.24, 2.45) is 0 Å². The number of benzene rings is 2. The maximum atomic E-state index is 12.9. The molecule has 2 heterocycles. The highest BCUT2D eigenvalue weighted by Gasteiger charge is 2.18. The van der Waals surface area contributed by atoms with E-state index in [1.54, 1.807) is 13.3 Å². The largest absolute Gasteiger partial charge is 0.383 e. The molecule has 35 heavy (non-hydrogen) atoms. The SMILES string of the molecule is COCCNc1nc(SC)nc2c1cnn2CCNC(=O)CC(c1ccccc1)c1ccccc1. The summed E-state index contributed by atoms with van der Waals surface area (Å²) in [5.41, 5.74) is 2.99. The predicted octanol–water partition coefficient (Wildman–Crippen LogP) is 3.94. The fourth-order valence-electron chi connectivity index (χ4n) is 3.95. The number of amides is 1. The standard InChI is InChI=1S/C26H30N6O2S/c1-34-16-14-28-24-22-18-29-32(25(22)31-26(30-24)35-2)15-13-27-23(33)17-21(19-9-5-3-6-10-19)20-11-7-4-8-12-20/h3-12,18,21H,13-17H2,1-2H3,(H,27,33)(H,28,30,31). The Morgan fingerprint density at radius 3 is 2.34 bits per heavy atom. The van der Waals surface area contributed by atoms with Gasteiger partial charge in [-0.25, -0.2) is 14.6 Å². The van der Waals surface area contributed by atoms with Crippen LogP contribution in [0.4, 0.5) is 5.82 Å². The summed E-state index contributed by atoms with van der Waals surface area (Å²) in [5, 5.41) is 12.4. The van der Waals surface area contributed by atoms with Crippen LogP contribution in [-0.2, 0) is 16.1 Å². The lowest BCUT2D eigenvalue weighted by molar-refractivity contribution is -0.121. The first-order valence-corrected chi connectivity index (χ1v) is 12.8. The van der Waals surface area contributed by atoms with Crippen molar-refractivity contribution in [1.82, 2.24) is 25.1 Å². The van der Waals surface area contributed by atoms with Gasteiger partial charge in [-0.05, 0) is 17.4 Å². The molecule has 0 aliphatic carbocycles. The summed E-state index contributed by atoms with van der Waals surface area (Å²) in [6, 6.07) is 20.3. The van der Waals surface area contributed by atoms with E-state index in [1.165, 1.54) is 11.8 Å². The van der Waals surface area contributed by atoms with Gasteiger partial charge in [-0.15, -0.1) is 0 Å². The molecule has 1 amide bonds. The molecule has 0 saturated carbocycles. The van der Waals surface area contributed by atoms with Crippen molar-refractivity contribution in [2.75, 3.05) is 38.4 Å². The monoisotopic (exact) mass is 490 g/mol. The van der Waals surface area contributed by atoms with E-state index in [-0.39, 0.29) is 11.8 Å².